The summed E-state index contributed by atoms with van der Waals surface area (Å²) in [6.07, 6.45) is -4.96. The zero-order chi connectivity index (χ0) is 10.9. The first kappa shape index (κ1) is 11.1. The number of benzene rings is 1. The number of halogens is 5. The molecule has 0 fully saturated rings. The Hall–Kier alpha value is -0.980. The van der Waals surface area contributed by atoms with Crippen LogP contribution in [0.4, 0.5) is 17.6 Å². The third-order valence-electron chi connectivity index (χ3n) is 1.23. The fourth-order valence-corrected chi connectivity index (χ4v) is 1.04. The van der Waals surface area contributed by atoms with Crippen LogP contribution in [0.2, 0.25) is 0 Å². The van der Waals surface area contributed by atoms with Crippen LogP contribution in [0.3, 0.4) is 0 Å². The Morgan fingerprint density at radius 1 is 1.29 bits per heavy atom. The average Bonchev–Trinajstić information content (AvgIpc) is 1.97. The molecule has 7 heteroatoms. The van der Waals surface area contributed by atoms with Crippen molar-refractivity contribution in [2.75, 3.05) is 0 Å². The Morgan fingerprint density at radius 3 is 2.36 bits per heavy atom. The van der Waals surface area contributed by atoms with Crippen molar-refractivity contribution in [3.05, 3.63) is 22.4 Å². The van der Waals surface area contributed by atoms with Crippen molar-refractivity contribution < 1.29 is 27.4 Å². The molecular formula is C7H3BrF4O2. The number of phenolic OH excluding ortho intramolecular Hbond substituents is 1. The molecule has 0 amide bonds. The first-order valence-electron chi connectivity index (χ1n) is 3.23. The van der Waals surface area contributed by atoms with E-state index in [4.69, 9.17) is 5.11 Å². The van der Waals surface area contributed by atoms with Crippen molar-refractivity contribution in [3.63, 3.8) is 0 Å². The minimum atomic E-state index is -4.96. The van der Waals surface area contributed by atoms with Gasteiger partial charge in [-0.15, -0.1) is 13.2 Å². The molecule has 14 heavy (non-hydrogen) atoms. The Labute approximate surface area is 84.2 Å². The SMILES string of the molecule is Oc1cc(F)c(OC(F)(F)F)cc1Br. The Morgan fingerprint density at radius 2 is 1.86 bits per heavy atom. The summed E-state index contributed by atoms with van der Waals surface area (Å²) in [4.78, 5) is 0. The van der Waals surface area contributed by atoms with Crippen LogP contribution < -0.4 is 4.74 Å². The quantitative estimate of drug-likeness (QED) is 0.797. The first-order valence-corrected chi connectivity index (χ1v) is 4.02. The third kappa shape index (κ3) is 2.76. The highest BCUT2D eigenvalue weighted by Gasteiger charge is 2.32. The van der Waals surface area contributed by atoms with Gasteiger partial charge in [0.25, 0.3) is 0 Å². The van der Waals surface area contributed by atoms with Crippen molar-refractivity contribution >= 4 is 15.9 Å². The molecule has 0 atom stereocenters. The topological polar surface area (TPSA) is 29.5 Å². The summed E-state index contributed by atoms with van der Waals surface area (Å²) >= 11 is 2.72. The highest BCUT2D eigenvalue weighted by molar-refractivity contribution is 9.10. The zero-order valence-electron chi connectivity index (χ0n) is 6.40. The standard InChI is InChI=1S/C7H3BrF4O2/c8-3-1-6(14-7(10,11)12)4(9)2-5(3)13/h1-2,13H. The second kappa shape index (κ2) is 3.64. The van der Waals surface area contributed by atoms with Crippen molar-refractivity contribution in [1.29, 1.82) is 0 Å². The van der Waals surface area contributed by atoms with Crippen molar-refractivity contribution in [2.24, 2.45) is 0 Å². The van der Waals surface area contributed by atoms with E-state index in [-0.39, 0.29) is 4.47 Å². The van der Waals surface area contributed by atoms with Gasteiger partial charge in [-0.25, -0.2) is 4.39 Å². The van der Waals surface area contributed by atoms with Crippen LogP contribution >= 0.6 is 15.9 Å². The summed E-state index contributed by atoms with van der Waals surface area (Å²) in [5.74, 6) is -2.79. The van der Waals surface area contributed by atoms with Gasteiger partial charge in [-0.05, 0) is 15.9 Å². The summed E-state index contributed by atoms with van der Waals surface area (Å²) in [5, 5.41) is 8.90. The molecule has 0 radical (unpaired) electrons. The molecule has 0 saturated heterocycles. The van der Waals surface area contributed by atoms with Crippen molar-refractivity contribution in [1.82, 2.24) is 0 Å². The minimum Gasteiger partial charge on any atom is -0.507 e. The molecular weight excluding hydrogens is 272 g/mol. The van der Waals surface area contributed by atoms with Gasteiger partial charge in [0, 0.05) is 12.1 Å². The monoisotopic (exact) mass is 274 g/mol. The molecule has 0 aliphatic carbocycles. The molecule has 0 aliphatic rings. The van der Waals surface area contributed by atoms with E-state index >= 15 is 0 Å². The lowest BCUT2D eigenvalue weighted by atomic mass is 10.3. The molecule has 1 rings (SSSR count). The lowest BCUT2D eigenvalue weighted by Gasteiger charge is -2.10. The summed E-state index contributed by atoms with van der Waals surface area (Å²) < 4.78 is 51.1. The molecule has 0 heterocycles. The number of alkyl halides is 3. The van der Waals surface area contributed by atoms with E-state index in [1.54, 1.807) is 0 Å². The first-order chi connectivity index (χ1) is 6.29. The molecule has 0 saturated carbocycles. The molecule has 1 aromatic carbocycles. The Bertz CT molecular complexity index is 350. The van der Waals surface area contributed by atoms with E-state index < -0.39 is 23.7 Å². The maximum Gasteiger partial charge on any atom is 0.573 e. The summed E-state index contributed by atoms with van der Waals surface area (Å²) in [6.45, 7) is 0. The lowest BCUT2D eigenvalue weighted by molar-refractivity contribution is -0.275. The minimum absolute atomic E-state index is 0.0850. The van der Waals surface area contributed by atoms with Gasteiger partial charge < -0.3 is 9.84 Å². The molecule has 0 aromatic heterocycles. The third-order valence-corrected chi connectivity index (χ3v) is 1.86. The number of hydrogen-bond donors (Lipinski definition) is 1. The van der Waals surface area contributed by atoms with E-state index in [2.05, 4.69) is 20.7 Å². The van der Waals surface area contributed by atoms with E-state index in [0.717, 1.165) is 0 Å². The molecule has 0 unspecified atom stereocenters. The number of ether oxygens (including phenoxy) is 1. The normalized spacial score (nSPS) is 11.5. The largest absolute Gasteiger partial charge is 0.573 e. The van der Waals surface area contributed by atoms with Gasteiger partial charge in [0.1, 0.15) is 5.75 Å². The molecule has 1 N–H and O–H groups in total. The molecule has 0 aliphatic heterocycles. The maximum atomic E-state index is 12.8. The fraction of sp³-hybridized carbons (Fsp3) is 0.143. The molecule has 0 bridgehead atoms. The van der Waals surface area contributed by atoms with E-state index in [9.17, 15) is 17.6 Å². The number of aromatic hydroxyl groups is 1. The fourth-order valence-electron chi connectivity index (χ4n) is 0.721. The van der Waals surface area contributed by atoms with Crippen LogP contribution in [0.25, 0.3) is 0 Å². The van der Waals surface area contributed by atoms with Gasteiger partial charge in [0.2, 0.25) is 0 Å². The molecule has 2 nitrogen and oxygen atoms in total. The molecule has 0 spiro atoms. The predicted octanol–water partition coefficient (Wildman–Crippen LogP) is 3.19. The van der Waals surface area contributed by atoms with E-state index in [0.29, 0.717) is 12.1 Å². The van der Waals surface area contributed by atoms with Gasteiger partial charge >= 0.3 is 6.36 Å². The highest BCUT2D eigenvalue weighted by atomic mass is 79.9. The van der Waals surface area contributed by atoms with Crippen LogP contribution in [0.5, 0.6) is 11.5 Å². The lowest BCUT2D eigenvalue weighted by Crippen LogP contribution is -2.17. The van der Waals surface area contributed by atoms with Gasteiger partial charge in [-0.2, -0.15) is 0 Å². The van der Waals surface area contributed by atoms with E-state index in [1.165, 1.54) is 0 Å². The van der Waals surface area contributed by atoms with Gasteiger partial charge in [-0.3, -0.25) is 0 Å². The van der Waals surface area contributed by atoms with E-state index in [1.807, 2.05) is 0 Å². The zero-order valence-corrected chi connectivity index (χ0v) is 7.99. The van der Waals surface area contributed by atoms with Crippen molar-refractivity contribution in [3.8, 4) is 11.5 Å². The van der Waals surface area contributed by atoms with Crippen LogP contribution in [0.15, 0.2) is 16.6 Å². The van der Waals surface area contributed by atoms with Crippen LogP contribution in [0.1, 0.15) is 0 Å². The average molecular weight is 275 g/mol. The number of hydrogen-bond acceptors (Lipinski definition) is 2. The Kier molecular flexibility index (Phi) is 2.89. The summed E-state index contributed by atoms with van der Waals surface area (Å²) in [6, 6.07) is 1.21. The highest BCUT2D eigenvalue weighted by Crippen LogP contribution is 2.33. The summed E-state index contributed by atoms with van der Waals surface area (Å²) in [7, 11) is 0. The van der Waals surface area contributed by atoms with Crippen LogP contribution in [-0.4, -0.2) is 11.5 Å². The molecule has 1 aromatic rings. The predicted molar refractivity (Wildman–Crippen MR) is 42.4 cm³/mol. The van der Waals surface area contributed by atoms with Crippen LogP contribution in [0, 0.1) is 5.82 Å². The van der Waals surface area contributed by atoms with Gasteiger partial charge in [-0.1, -0.05) is 0 Å². The van der Waals surface area contributed by atoms with Crippen molar-refractivity contribution in [2.45, 2.75) is 6.36 Å². The number of phenols is 1. The van der Waals surface area contributed by atoms with Crippen LogP contribution in [-0.2, 0) is 0 Å². The summed E-state index contributed by atoms with van der Waals surface area (Å²) in [5.41, 5.74) is 0. The Balaban J connectivity index is 3.04. The maximum absolute atomic E-state index is 12.8. The number of rotatable bonds is 1. The van der Waals surface area contributed by atoms with Gasteiger partial charge in [0.15, 0.2) is 11.6 Å². The second-order valence-electron chi connectivity index (χ2n) is 2.28. The second-order valence-corrected chi connectivity index (χ2v) is 3.14. The van der Waals surface area contributed by atoms with Gasteiger partial charge in [0.05, 0.1) is 4.47 Å². The molecule has 78 valence electrons. The smallest absolute Gasteiger partial charge is 0.507 e.